The molecular formula is C22H14F4N2O6S. The number of nitrogens with zero attached hydrogens (tertiary/aromatic N) is 1. The lowest BCUT2D eigenvalue weighted by Gasteiger charge is -2.25. The van der Waals surface area contributed by atoms with Crippen molar-refractivity contribution in [1.82, 2.24) is 10.4 Å². The summed E-state index contributed by atoms with van der Waals surface area (Å²) < 4.78 is 88.0. The van der Waals surface area contributed by atoms with Crippen LogP contribution in [0.5, 0.6) is 0 Å². The first kappa shape index (κ1) is 24.3. The molecule has 3 amide bonds. The lowest BCUT2D eigenvalue weighted by molar-refractivity contribution is -0.0158. The Morgan fingerprint density at radius 1 is 0.914 bits per heavy atom. The third-order valence-corrected chi connectivity index (χ3v) is 6.35. The third kappa shape index (κ3) is 3.82. The number of benzene rings is 3. The molecule has 0 aromatic heterocycles. The van der Waals surface area contributed by atoms with E-state index in [-0.39, 0.29) is 28.1 Å². The van der Waals surface area contributed by atoms with Gasteiger partial charge in [-0.05, 0) is 23.9 Å². The fraction of sp³-hybridized carbons (Fsp3) is 0.136. The molecule has 0 spiro atoms. The van der Waals surface area contributed by atoms with E-state index >= 15 is 0 Å². The van der Waals surface area contributed by atoms with E-state index in [0.717, 1.165) is 0 Å². The molecule has 3 aromatic rings. The van der Waals surface area contributed by atoms with E-state index in [1.807, 2.05) is 5.32 Å². The van der Waals surface area contributed by atoms with Gasteiger partial charge in [-0.2, -0.15) is 8.42 Å². The summed E-state index contributed by atoms with van der Waals surface area (Å²) in [4.78, 5) is 35.3. The van der Waals surface area contributed by atoms with Gasteiger partial charge in [-0.25, -0.2) is 17.6 Å². The number of carbonyl (C=O) groups is 3. The van der Waals surface area contributed by atoms with Crippen LogP contribution in [-0.2, 0) is 14.4 Å². The van der Waals surface area contributed by atoms with Gasteiger partial charge in [-0.3, -0.25) is 14.4 Å². The quantitative estimate of drug-likeness (QED) is 0.309. The minimum Gasteiger partial charge on any atom is -0.352 e. The maximum Gasteiger partial charge on any atom is 0.324 e. The summed E-state index contributed by atoms with van der Waals surface area (Å²) in [6.45, 7) is 1.51. The molecule has 0 radical (unpaired) electrons. The average molecular weight is 510 g/mol. The predicted octanol–water partition coefficient (Wildman–Crippen LogP) is 3.45. The van der Waals surface area contributed by atoms with Crippen molar-refractivity contribution in [2.24, 2.45) is 0 Å². The molecule has 8 nitrogen and oxygen atoms in total. The predicted molar refractivity (Wildman–Crippen MR) is 112 cm³/mol. The van der Waals surface area contributed by atoms with Gasteiger partial charge in [0, 0.05) is 11.9 Å². The zero-order valence-corrected chi connectivity index (χ0v) is 18.5. The number of rotatable bonds is 6. The molecule has 3 aromatic carbocycles. The Bertz CT molecular complexity index is 1460. The van der Waals surface area contributed by atoms with Gasteiger partial charge in [0.25, 0.3) is 17.7 Å². The highest BCUT2D eigenvalue weighted by molar-refractivity contribution is 7.86. The van der Waals surface area contributed by atoms with Crippen LogP contribution in [-0.4, -0.2) is 37.7 Å². The number of halogens is 4. The smallest absolute Gasteiger partial charge is 0.324 e. The van der Waals surface area contributed by atoms with E-state index in [1.54, 1.807) is 19.1 Å². The number of carbonyl (C=O) groups excluding carboxylic acids is 3. The number of imide groups is 1. The van der Waals surface area contributed by atoms with Crippen molar-refractivity contribution in [3.05, 3.63) is 76.4 Å². The molecule has 0 atom stereocenters. The van der Waals surface area contributed by atoms with Crippen molar-refractivity contribution < 1.29 is 44.6 Å². The van der Waals surface area contributed by atoms with E-state index < -0.39 is 61.6 Å². The Balaban J connectivity index is 1.78. The van der Waals surface area contributed by atoms with E-state index in [9.17, 15) is 40.4 Å². The zero-order chi connectivity index (χ0) is 25.7. The third-order valence-electron chi connectivity index (χ3n) is 5.14. The fourth-order valence-corrected chi connectivity index (χ4v) is 4.59. The van der Waals surface area contributed by atoms with Gasteiger partial charge in [0.05, 0.1) is 11.1 Å². The molecule has 0 bridgehead atoms. The van der Waals surface area contributed by atoms with Gasteiger partial charge < -0.3 is 5.32 Å². The standard InChI is InChI=1S/C22H14F4N2O6S/c1-2-9-27-20(29)14-15(23)17(25)19(18(26)16(14)24)35(32,33)34-28-21(30)11-7-3-5-10-6-4-8-12(13(10)11)22(28)31/h3-8H,2,9H2,1H3,(H,27,29). The van der Waals surface area contributed by atoms with Gasteiger partial charge in [0.2, 0.25) is 0 Å². The number of nitrogens with one attached hydrogen (secondary N) is 1. The monoisotopic (exact) mass is 510 g/mol. The van der Waals surface area contributed by atoms with Crippen LogP contribution in [0.4, 0.5) is 17.6 Å². The van der Waals surface area contributed by atoms with Crippen LogP contribution >= 0.6 is 0 Å². The number of hydroxylamine groups is 2. The Hall–Kier alpha value is -3.84. The van der Waals surface area contributed by atoms with Crippen LogP contribution in [0.1, 0.15) is 44.4 Å². The van der Waals surface area contributed by atoms with Crippen LogP contribution in [0.25, 0.3) is 10.8 Å². The Kier molecular flexibility index (Phi) is 6.07. The summed E-state index contributed by atoms with van der Waals surface area (Å²) in [5.41, 5.74) is -2.00. The van der Waals surface area contributed by atoms with Crippen molar-refractivity contribution in [2.75, 3.05) is 6.54 Å². The summed E-state index contributed by atoms with van der Waals surface area (Å²) >= 11 is 0. The van der Waals surface area contributed by atoms with E-state index in [0.29, 0.717) is 11.8 Å². The molecule has 0 aliphatic carbocycles. The molecular weight excluding hydrogens is 496 g/mol. The second kappa shape index (κ2) is 8.74. The van der Waals surface area contributed by atoms with Crippen LogP contribution < -0.4 is 5.32 Å². The molecule has 1 aliphatic rings. The van der Waals surface area contributed by atoms with Gasteiger partial charge >= 0.3 is 10.1 Å². The molecule has 1 N–H and O–H groups in total. The average Bonchev–Trinajstić information content (AvgIpc) is 2.82. The maximum absolute atomic E-state index is 14.6. The van der Waals surface area contributed by atoms with Gasteiger partial charge in [0.15, 0.2) is 28.2 Å². The van der Waals surface area contributed by atoms with Crippen LogP contribution in [0.2, 0.25) is 0 Å². The Labute approximate surface area is 195 Å². The van der Waals surface area contributed by atoms with Crippen molar-refractivity contribution in [2.45, 2.75) is 18.2 Å². The second-order valence-corrected chi connectivity index (χ2v) is 8.82. The van der Waals surface area contributed by atoms with Crippen molar-refractivity contribution in [3.8, 4) is 0 Å². The van der Waals surface area contributed by atoms with Gasteiger partial charge in [-0.1, -0.05) is 31.2 Å². The molecule has 1 heterocycles. The topological polar surface area (TPSA) is 110 Å². The highest BCUT2D eigenvalue weighted by atomic mass is 32.2. The molecule has 0 saturated carbocycles. The molecule has 0 fully saturated rings. The molecule has 1 aliphatic heterocycles. The lowest BCUT2D eigenvalue weighted by Crippen LogP contribution is -2.42. The van der Waals surface area contributed by atoms with Crippen LogP contribution in [0.3, 0.4) is 0 Å². The van der Waals surface area contributed by atoms with Gasteiger partial charge in [0.1, 0.15) is 5.56 Å². The normalized spacial score (nSPS) is 13.5. The van der Waals surface area contributed by atoms with E-state index in [2.05, 4.69) is 4.28 Å². The number of hydrogen-bond acceptors (Lipinski definition) is 6. The molecule has 13 heteroatoms. The number of amides is 3. The molecule has 182 valence electrons. The SMILES string of the molecule is CCCNC(=O)c1c(F)c(F)c(S(=O)(=O)ON2C(=O)c3cccc4cccc(c34)C2=O)c(F)c1F. The van der Waals surface area contributed by atoms with Gasteiger partial charge in [-0.15, -0.1) is 9.35 Å². The first-order valence-electron chi connectivity index (χ1n) is 10.0. The van der Waals surface area contributed by atoms with E-state index in [1.165, 1.54) is 24.3 Å². The molecule has 4 rings (SSSR count). The summed E-state index contributed by atoms with van der Waals surface area (Å²) in [6.07, 6.45) is 0.328. The summed E-state index contributed by atoms with van der Waals surface area (Å²) in [5.74, 6) is -13.6. The largest absolute Gasteiger partial charge is 0.352 e. The fourth-order valence-electron chi connectivity index (χ4n) is 3.57. The van der Waals surface area contributed by atoms with Crippen LogP contribution in [0.15, 0.2) is 41.3 Å². The molecule has 35 heavy (non-hydrogen) atoms. The molecule has 0 saturated heterocycles. The summed E-state index contributed by atoms with van der Waals surface area (Å²) in [5, 5.41) is 2.40. The highest BCUT2D eigenvalue weighted by Crippen LogP contribution is 2.33. The Morgan fingerprint density at radius 3 is 1.91 bits per heavy atom. The lowest BCUT2D eigenvalue weighted by atomic mass is 9.95. The summed E-state index contributed by atoms with van der Waals surface area (Å²) in [7, 11) is -5.84. The Morgan fingerprint density at radius 2 is 1.43 bits per heavy atom. The minimum absolute atomic E-state index is 0.0858. The zero-order valence-electron chi connectivity index (χ0n) is 17.7. The first-order valence-corrected chi connectivity index (χ1v) is 11.4. The van der Waals surface area contributed by atoms with Crippen LogP contribution in [0, 0.1) is 23.3 Å². The van der Waals surface area contributed by atoms with Crippen molar-refractivity contribution >= 4 is 38.6 Å². The highest BCUT2D eigenvalue weighted by Gasteiger charge is 2.42. The van der Waals surface area contributed by atoms with Crippen molar-refractivity contribution in [3.63, 3.8) is 0 Å². The second-order valence-electron chi connectivity index (χ2n) is 7.36. The van der Waals surface area contributed by atoms with E-state index in [4.69, 9.17) is 0 Å². The first-order chi connectivity index (χ1) is 16.5. The molecule has 0 unspecified atom stereocenters. The van der Waals surface area contributed by atoms with Crippen molar-refractivity contribution in [1.29, 1.82) is 0 Å². The maximum atomic E-state index is 14.6. The summed E-state index contributed by atoms with van der Waals surface area (Å²) in [6, 6.07) is 8.57. The minimum atomic E-state index is -5.84. The number of hydrogen-bond donors (Lipinski definition) is 1.